The van der Waals surface area contributed by atoms with Gasteiger partial charge in [0.1, 0.15) is 13.7 Å². The molecule has 4 fully saturated rings. The minimum Gasteiger partial charge on any atom is -0.474 e. The predicted molar refractivity (Wildman–Crippen MR) is 147 cm³/mol. The first kappa shape index (κ1) is 25.8. The molecule has 3 saturated carbocycles. The molecular weight excluding hydrogens is 448 g/mol. The van der Waals surface area contributed by atoms with E-state index in [0.717, 1.165) is 18.3 Å². The zero-order valence-corrected chi connectivity index (χ0v) is 24.9. The Morgan fingerprint density at radius 3 is 2.23 bits per heavy atom. The summed E-state index contributed by atoms with van der Waals surface area (Å²) in [7, 11) is -1.46. The molecular formula is C31H50O3Si. The highest BCUT2D eigenvalue weighted by atomic mass is 28.3. The predicted octanol–water partition coefficient (Wildman–Crippen LogP) is 8.02. The molecule has 0 N–H and O–H groups in total. The van der Waals surface area contributed by atoms with E-state index in [2.05, 4.69) is 79.4 Å². The molecule has 4 aliphatic rings. The second-order valence-electron chi connectivity index (χ2n) is 15.2. The maximum atomic E-state index is 6.87. The average molecular weight is 499 g/mol. The Bertz CT molecular complexity index is 984. The maximum absolute atomic E-state index is 6.87. The van der Waals surface area contributed by atoms with Crippen molar-refractivity contribution in [2.75, 3.05) is 6.61 Å². The van der Waals surface area contributed by atoms with Crippen molar-refractivity contribution in [2.45, 2.75) is 118 Å². The number of fused-ring (bicyclic) bond motifs is 3. The summed E-state index contributed by atoms with van der Waals surface area (Å²) in [5.41, 5.74) is 2.04. The minimum absolute atomic E-state index is 0.211. The van der Waals surface area contributed by atoms with Crippen molar-refractivity contribution in [1.82, 2.24) is 0 Å². The van der Waals surface area contributed by atoms with E-state index in [1.165, 1.54) is 49.5 Å². The van der Waals surface area contributed by atoms with Crippen LogP contribution in [0.4, 0.5) is 0 Å². The molecule has 2 heterocycles. The van der Waals surface area contributed by atoms with Crippen molar-refractivity contribution in [2.24, 2.45) is 34.0 Å². The van der Waals surface area contributed by atoms with Crippen molar-refractivity contribution in [3.8, 4) is 0 Å². The summed E-state index contributed by atoms with van der Waals surface area (Å²) in [5, 5.41) is 1.18. The lowest BCUT2D eigenvalue weighted by atomic mass is 9.38. The lowest BCUT2D eigenvalue weighted by Gasteiger charge is -2.67. The maximum Gasteiger partial charge on any atom is 0.163 e. The van der Waals surface area contributed by atoms with Gasteiger partial charge in [-0.25, -0.2) is 0 Å². The summed E-state index contributed by atoms with van der Waals surface area (Å²) in [6.45, 7) is 22.3. The molecule has 3 aliphatic carbocycles. The summed E-state index contributed by atoms with van der Waals surface area (Å²) in [6.07, 6.45) is 15.9. The average Bonchev–Trinajstić information content (AvgIpc) is 3.31. The summed E-state index contributed by atoms with van der Waals surface area (Å²) >= 11 is 0. The van der Waals surface area contributed by atoms with Crippen molar-refractivity contribution >= 4 is 19.5 Å². The Kier molecular flexibility index (Phi) is 5.95. The van der Waals surface area contributed by atoms with E-state index < -0.39 is 13.9 Å². The molecule has 6 atom stereocenters. The quantitative estimate of drug-likeness (QED) is 0.395. The molecule has 0 aromatic carbocycles. The van der Waals surface area contributed by atoms with Gasteiger partial charge in [-0.3, -0.25) is 0 Å². The molecule has 0 radical (unpaired) electrons. The van der Waals surface area contributed by atoms with Gasteiger partial charge >= 0.3 is 0 Å². The first-order valence-electron chi connectivity index (χ1n) is 14.2. The highest BCUT2D eigenvalue weighted by Crippen LogP contribution is 2.70. The summed E-state index contributed by atoms with van der Waals surface area (Å²) in [4.78, 5) is 0. The van der Waals surface area contributed by atoms with E-state index in [0.29, 0.717) is 23.4 Å². The highest BCUT2D eigenvalue weighted by Gasteiger charge is 2.66. The van der Waals surface area contributed by atoms with Gasteiger partial charge < -0.3 is 13.9 Å². The molecule has 196 valence electrons. The van der Waals surface area contributed by atoms with Gasteiger partial charge in [-0.05, 0) is 86.5 Å². The molecule has 1 aromatic rings. The molecule has 5 rings (SSSR count). The van der Waals surface area contributed by atoms with Gasteiger partial charge in [0.15, 0.2) is 5.79 Å². The van der Waals surface area contributed by atoms with Crippen LogP contribution >= 0.6 is 0 Å². The Morgan fingerprint density at radius 1 is 0.886 bits per heavy atom. The fourth-order valence-corrected chi connectivity index (χ4v) is 10.4. The Balaban J connectivity index is 1.54. The summed E-state index contributed by atoms with van der Waals surface area (Å²) in [6, 6.07) is 2.27. The Hall–Kier alpha value is -0.843. The lowest BCUT2D eigenvalue weighted by Crippen LogP contribution is -2.63. The lowest BCUT2D eigenvalue weighted by molar-refractivity contribution is -0.229. The van der Waals surface area contributed by atoms with Gasteiger partial charge in [0, 0.05) is 11.5 Å². The van der Waals surface area contributed by atoms with E-state index >= 15 is 0 Å². The van der Waals surface area contributed by atoms with Crippen molar-refractivity contribution in [3.05, 3.63) is 24.0 Å². The normalized spacial score (nSPS) is 42.8. The molecule has 35 heavy (non-hydrogen) atoms. The van der Waals surface area contributed by atoms with E-state index in [1.807, 2.05) is 6.26 Å². The van der Waals surface area contributed by atoms with Gasteiger partial charge in [-0.2, -0.15) is 0 Å². The van der Waals surface area contributed by atoms with Crippen LogP contribution in [0.25, 0.3) is 6.08 Å². The molecule has 0 amide bonds. The Morgan fingerprint density at radius 2 is 1.60 bits per heavy atom. The number of ether oxygens (including phenoxy) is 2. The van der Waals surface area contributed by atoms with Gasteiger partial charge in [0.25, 0.3) is 0 Å². The molecule has 0 unspecified atom stereocenters. The second-order valence-corrected chi connectivity index (χ2v) is 20.2. The number of furan rings is 1. The number of hydrogen-bond acceptors (Lipinski definition) is 3. The van der Waals surface area contributed by atoms with Gasteiger partial charge in [-0.1, -0.05) is 65.9 Å². The third-order valence-corrected chi connectivity index (χ3v) is 12.7. The zero-order chi connectivity index (χ0) is 25.5. The first-order chi connectivity index (χ1) is 16.1. The van der Waals surface area contributed by atoms with Crippen LogP contribution in [0.1, 0.15) is 92.1 Å². The first-order valence-corrected chi connectivity index (χ1v) is 17.7. The fraction of sp³-hybridized carbons (Fsp3) is 0.806. The number of hydrogen-bond donors (Lipinski definition) is 0. The van der Waals surface area contributed by atoms with Crippen LogP contribution in [-0.4, -0.2) is 26.1 Å². The van der Waals surface area contributed by atoms with Crippen LogP contribution in [0.3, 0.4) is 0 Å². The minimum atomic E-state index is -1.46. The van der Waals surface area contributed by atoms with Gasteiger partial charge in [-0.15, -0.1) is 0 Å². The SMILES string of the molecule is CC1(C)OC[C@]2(CC[C@H]3[C@]4(C)CCCC(C)(C)[C@H]4CC[C@]3(C)[C@H]2/C=C/c2coc([Si](C)(C)C)c2)O1. The second kappa shape index (κ2) is 8.08. The monoisotopic (exact) mass is 498 g/mol. The van der Waals surface area contributed by atoms with Crippen LogP contribution in [0, 0.1) is 34.0 Å². The van der Waals surface area contributed by atoms with Gasteiger partial charge in [0.2, 0.25) is 0 Å². The third-order valence-electron chi connectivity index (χ3n) is 10.9. The van der Waals surface area contributed by atoms with E-state index in [-0.39, 0.29) is 11.0 Å². The highest BCUT2D eigenvalue weighted by molar-refractivity contribution is 6.87. The largest absolute Gasteiger partial charge is 0.474 e. The number of rotatable bonds is 3. The van der Waals surface area contributed by atoms with E-state index in [1.54, 1.807) is 0 Å². The van der Waals surface area contributed by atoms with Gasteiger partial charge in [0.05, 0.1) is 18.3 Å². The molecule has 4 heteroatoms. The van der Waals surface area contributed by atoms with E-state index in [9.17, 15) is 0 Å². The van der Waals surface area contributed by atoms with E-state index in [4.69, 9.17) is 13.9 Å². The zero-order valence-electron chi connectivity index (χ0n) is 23.9. The van der Waals surface area contributed by atoms with Crippen LogP contribution in [0.2, 0.25) is 19.6 Å². The topological polar surface area (TPSA) is 31.6 Å². The molecule has 0 bridgehead atoms. The molecule has 1 saturated heterocycles. The smallest absolute Gasteiger partial charge is 0.163 e. The van der Waals surface area contributed by atoms with Crippen molar-refractivity contribution < 1.29 is 13.9 Å². The summed E-state index contributed by atoms with van der Waals surface area (Å²) in [5.74, 6) is 1.38. The van der Waals surface area contributed by atoms with Crippen LogP contribution in [0.15, 0.2) is 22.8 Å². The Labute approximate surface area is 215 Å². The van der Waals surface area contributed by atoms with Crippen molar-refractivity contribution in [1.29, 1.82) is 0 Å². The molecule has 3 nitrogen and oxygen atoms in total. The molecule has 1 aromatic heterocycles. The molecule has 1 aliphatic heterocycles. The van der Waals surface area contributed by atoms with Crippen molar-refractivity contribution in [3.63, 3.8) is 0 Å². The fourth-order valence-electron chi connectivity index (χ4n) is 9.42. The third kappa shape index (κ3) is 4.14. The summed E-state index contributed by atoms with van der Waals surface area (Å²) < 4.78 is 19.2. The molecule has 1 spiro atoms. The van der Waals surface area contributed by atoms with Crippen LogP contribution in [0.5, 0.6) is 0 Å². The van der Waals surface area contributed by atoms with Crippen LogP contribution < -0.4 is 5.38 Å². The van der Waals surface area contributed by atoms with Crippen LogP contribution in [-0.2, 0) is 9.47 Å². The standard InChI is InChI=1S/C31H50O3Si/c1-27(2)15-10-16-29(5)23(27)13-17-30(6)24(29)14-18-31(21-33-28(3,4)34-31)25(30)12-11-22-19-26(32-20-22)35(7,8)9/h11-12,19-20,23-25H,10,13-18,21H2,1-9H3/b12-11+/t23-,24+,25-,29-,30+,31+/m1/s1.